The monoisotopic (exact) mass is 271 g/mol. The van der Waals surface area contributed by atoms with Gasteiger partial charge in [-0.25, -0.2) is 4.98 Å². The van der Waals surface area contributed by atoms with Crippen LogP contribution in [-0.2, 0) is 6.54 Å². The number of hydrogen-bond acceptors (Lipinski definition) is 3. The van der Waals surface area contributed by atoms with Gasteiger partial charge in [-0.3, -0.25) is 0 Å². The number of nitrogens with two attached hydrogens (primary N) is 1. The number of aromatic nitrogens is 1. The van der Waals surface area contributed by atoms with Crippen LogP contribution in [0.2, 0.25) is 0 Å². The molecule has 1 aromatic carbocycles. The highest BCUT2D eigenvalue weighted by Crippen LogP contribution is 2.24. The topological polar surface area (TPSA) is 42.1 Å². The maximum absolute atomic E-state index is 5.90. The summed E-state index contributed by atoms with van der Waals surface area (Å²) in [6, 6.07) is 10.8. The van der Waals surface area contributed by atoms with Crippen LogP contribution in [0.1, 0.15) is 32.8 Å². The minimum absolute atomic E-state index is 0.467. The lowest BCUT2D eigenvalue weighted by atomic mass is 10.0. The van der Waals surface area contributed by atoms with Crippen LogP contribution in [-0.4, -0.2) is 18.1 Å². The van der Waals surface area contributed by atoms with Gasteiger partial charge in [0, 0.05) is 25.0 Å². The summed E-state index contributed by atoms with van der Waals surface area (Å²) >= 11 is 0. The van der Waals surface area contributed by atoms with Gasteiger partial charge in [-0.15, -0.1) is 0 Å². The molecule has 0 amide bonds. The van der Waals surface area contributed by atoms with E-state index in [0.717, 1.165) is 28.7 Å². The van der Waals surface area contributed by atoms with Gasteiger partial charge in [-0.1, -0.05) is 32.0 Å². The first kappa shape index (κ1) is 14.8. The van der Waals surface area contributed by atoms with Gasteiger partial charge >= 0.3 is 0 Å². The molecule has 2 rings (SSSR count). The number of rotatable bonds is 5. The van der Waals surface area contributed by atoms with Gasteiger partial charge in [-0.05, 0) is 37.0 Å². The highest BCUT2D eigenvalue weighted by Gasteiger charge is 2.14. The lowest BCUT2D eigenvalue weighted by Gasteiger charge is -2.28. The van der Waals surface area contributed by atoms with Gasteiger partial charge in [0.1, 0.15) is 5.82 Å². The fraction of sp³-hybridized carbons (Fsp3) is 0.471. The van der Waals surface area contributed by atoms with E-state index in [4.69, 9.17) is 10.7 Å². The highest BCUT2D eigenvalue weighted by molar-refractivity contribution is 5.84. The molecule has 0 saturated carbocycles. The van der Waals surface area contributed by atoms with Crippen LogP contribution < -0.4 is 10.6 Å². The summed E-state index contributed by atoms with van der Waals surface area (Å²) in [4.78, 5) is 7.04. The van der Waals surface area contributed by atoms with Gasteiger partial charge in [0.25, 0.3) is 0 Å². The van der Waals surface area contributed by atoms with Gasteiger partial charge in [-0.2, -0.15) is 0 Å². The van der Waals surface area contributed by atoms with Crippen LogP contribution in [0.5, 0.6) is 0 Å². The molecule has 0 saturated heterocycles. The first-order valence-corrected chi connectivity index (χ1v) is 7.34. The van der Waals surface area contributed by atoms with E-state index in [1.165, 1.54) is 0 Å². The maximum atomic E-state index is 5.90. The summed E-state index contributed by atoms with van der Waals surface area (Å²) in [6.07, 6.45) is 1.16. The Hall–Kier alpha value is -1.61. The molecule has 0 spiro atoms. The fourth-order valence-electron chi connectivity index (χ4n) is 2.65. The summed E-state index contributed by atoms with van der Waals surface area (Å²) in [5, 5.41) is 1.16. The van der Waals surface area contributed by atoms with Crippen molar-refractivity contribution in [2.45, 2.75) is 39.8 Å². The minimum atomic E-state index is 0.467. The van der Waals surface area contributed by atoms with Gasteiger partial charge in [0.15, 0.2) is 0 Å². The Morgan fingerprint density at radius 2 is 1.90 bits per heavy atom. The second-order valence-corrected chi connectivity index (χ2v) is 5.95. The Balaban J connectivity index is 2.39. The third-order valence-electron chi connectivity index (χ3n) is 3.84. The zero-order chi connectivity index (χ0) is 14.7. The fourth-order valence-corrected chi connectivity index (χ4v) is 2.65. The average molecular weight is 271 g/mol. The van der Waals surface area contributed by atoms with Crippen LogP contribution in [0.3, 0.4) is 0 Å². The average Bonchev–Trinajstić information content (AvgIpc) is 2.44. The van der Waals surface area contributed by atoms with Gasteiger partial charge in [0.2, 0.25) is 0 Å². The van der Waals surface area contributed by atoms with E-state index in [2.05, 4.69) is 50.9 Å². The molecule has 0 fully saturated rings. The largest absolute Gasteiger partial charge is 0.357 e. The number of nitrogens with zero attached hydrogens (tertiary/aromatic N) is 2. The maximum Gasteiger partial charge on any atom is 0.129 e. The Morgan fingerprint density at radius 3 is 2.55 bits per heavy atom. The van der Waals surface area contributed by atoms with Crippen molar-refractivity contribution in [3.63, 3.8) is 0 Å². The van der Waals surface area contributed by atoms with E-state index in [1.807, 2.05) is 12.1 Å². The molecule has 2 aromatic rings. The van der Waals surface area contributed by atoms with E-state index < -0.39 is 0 Å². The van der Waals surface area contributed by atoms with Crippen molar-refractivity contribution in [2.75, 3.05) is 11.9 Å². The molecule has 1 unspecified atom stereocenters. The summed E-state index contributed by atoms with van der Waals surface area (Å²) < 4.78 is 0. The summed E-state index contributed by atoms with van der Waals surface area (Å²) in [7, 11) is 2.12. The van der Waals surface area contributed by atoms with E-state index in [-0.39, 0.29) is 0 Å². The van der Waals surface area contributed by atoms with Crippen LogP contribution in [0.4, 0.5) is 5.82 Å². The first-order valence-electron chi connectivity index (χ1n) is 7.34. The number of benzene rings is 1. The standard InChI is InChI=1S/C17H25N3/c1-12(2)9-13(3)20(4)17-10-14(11-18)15-7-5-6-8-16(15)19-17/h5-8,10,12-13H,9,11,18H2,1-4H3. The molecular weight excluding hydrogens is 246 g/mol. The molecule has 0 aliphatic heterocycles. The highest BCUT2D eigenvalue weighted by atomic mass is 15.2. The summed E-state index contributed by atoms with van der Waals surface area (Å²) in [6.45, 7) is 7.30. The zero-order valence-electron chi connectivity index (χ0n) is 12.9. The Labute approximate surface area is 121 Å². The Morgan fingerprint density at radius 1 is 1.20 bits per heavy atom. The first-order chi connectivity index (χ1) is 9.52. The van der Waals surface area contributed by atoms with Crippen molar-refractivity contribution in [3.8, 4) is 0 Å². The van der Waals surface area contributed by atoms with E-state index in [1.54, 1.807) is 0 Å². The third-order valence-corrected chi connectivity index (χ3v) is 3.84. The molecule has 3 nitrogen and oxygen atoms in total. The molecule has 1 atom stereocenters. The van der Waals surface area contributed by atoms with Gasteiger partial charge in [0.05, 0.1) is 5.52 Å². The summed E-state index contributed by atoms with van der Waals surface area (Å²) in [5.41, 5.74) is 8.08. The molecule has 0 aliphatic rings. The SMILES string of the molecule is CC(C)CC(C)N(C)c1cc(CN)c2ccccc2n1. The predicted octanol–water partition coefficient (Wildman–Crippen LogP) is 3.56. The van der Waals surface area contributed by atoms with Crippen LogP contribution >= 0.6 is 0 Å². The van der Waals surface area contributed by atoms with Crippen molar-refractivity contribution < 1.29 is 0 Å². The zero-order valence-corrected chi connectivity index (χ0v) is 12.9. The van der Waals surface area contributed by atoms with Crippen molar-refractivity contribution in [1.82, 2.24) is 4.98 Å². The third kappa shape index (κ3) is 3.10. The lowest BCUT2D eigenvalue weighted by Crippen LogP contribution is -2.30. The minimum Gasteiger partial charge on any atom is -0.357 e. The Kier molecular flexibility index (Phi) is 4.61. The van der Waals surface area contributed by atoms with Crippen molar-refractivity contribution in [1.29, 1.82) is 0 Å². The summed E-state index contributed by atoms with van der Waals surface area (Å²) in [5.74, 6) is 1.69. The molecule has 0 aliphatic carbocycles. The molecule has 0 bridgehead atoms. The van der Waals surface area contributed by atoms with E-state index >= 15 is 0 Å². The second kappa shape index (κ2) is 6.23. The molecule has 1 heterocycles. The Bertz CT molecular complexity index is 577. The van der Waals surface area contributed by atoms with Crippen LogP contribution in [0.15, 0.2) is 30.3 Å². The van der Waals surface area contributed by atoms with Crippen LogP contribution in [0.25, 0.3) is 10.9 Å². The quantitative estimate of drug-likeness (QED) is 0.904. The molecular formula is C17H25N3. The number of para-hydroxylation sites is 1. The number of fused-ring (bicyclic) bond motifs is 1. The predicted molar refractivity (Wildman–Crippen MR) is 87.0 cm³/mol. The number of hydrogen-bond donors (Lipinski definition) is 1. The second-order valence-electron chi connectivity index (χ2n) is 5.95. The number of anilines is 1. The van der Waals surface area contributed by atoms with Crippen molar-refractivity contribution >= 4 is 16.7 Å². The van der Waals surface area contributed by atoms with E-state index in [0.29, 0.717) is 18.5 Å². The molecule has 3 heteroatoms. The number of pyridine rings is 1. The van der Waals surface area contributed by atoms with Crippen molar-refractivity contribution in [3.05, 3.63) is 35.9 Å². The molecule has 0 radical (unpaired) electrons. The van der Waals surface area contributed by atoms with Crippen LogP contribution in [0, 0.1) is 5.92 Å². The van der Waals surface area contributed by atoms with Gasteiger partial charge < -0.3 is 10.6 Å². The molecule has 1 aromatic heterocycles. The molecule has 20 heavy (non-hydrogen) atoms. The molecule has 108 valence electrons. The lowest BCUT2D eigenvalue weighted by molar-refractivity contribution is 0.502. The van der Waals surface area contributed by atoms with Crippen molar-refractivity contribution in [2.24, 2.45) is 11.7 Å². The smallest absolute Gasteiger partial charge is 0.129 e. The molecule has 2 N–H and O–H groups in total. The normalized spacial score (nSPS) is 12.9. The van der Waals surface area contributed by atoms with E-state index in [9.17, 15) is 0 Å².